The fourth-order valence-corrected chi connectivity index (χ4v) is 11.7. The maximum Gasteiger partial charge on any atom is 0.208 e. The molecule has 5 nitrogen and oxygen atoms in total. The Morgan fingerprint density at radius 2 is 0.705 bits per heavy atom. The first-order valence-electron chi connectivity index (χ1n) is 20.7. The number of sulfone groups is 1. The normalized spacial score (nSPS) is 16.0. The van der Waals surface area contributed by atoms with Gasteiger partial charge in [0.1, 0.15) is 0 Å². The molecule has 0 unspecified atom stereocenters. The Morgan fingerprint density at radius 3 is 1.07 bits per heavy atom. The molecule has 8 aromatic rings. The number of para-hydroxylation sites is 4. The highest BCUT2D eigenvalue weighted by atomic mass is 32.2. The molecule has 8 aromatic carbocycles. The van der Waals surface area contributed by atoms with Crippen molar-refractivity contribution in [3.8, 4) is 22.3 Å². The maximum atomic E-state index is 14.6. The van der Waals surface area contributed by atoms with Crippen LogP contribution >= 0.6 is 0 Å². The van der Waals surface area contributed by atoms with E-state index in [2.05, 4.69) is 159 Å². The van der Waals surface area contributed by atoms with E-state index in [0.717, 1.165) is 56.4 Å². The summed E-state index contributed by atoms with van der Waals surface area (Å²) < 4.78 is 28.5. The number of hydrogen-bond donors (Lipinski definition) is 0. The summed E-state index contributed by atoms with van der Waals surface area (Å²) in [7, 11) is -3.98. The van der Waals surface area contributed by atoms with Crippen LogP contribution in [-0.2, 0) is 20.7 Å². The minimum absolute atomic E-state index is 0.0334. The summed E-state index contributed by atoms with van der Waals surface area (Å²) in [5.74, 6) is -0.307. The van der Waals surface area contributed by atoms with Gasteiger partial charge in [-0.25, -0.2) is 8.42 Å². The Kier molecular flexibility index (Phi) is 8.03. The third-order valence-corrected chi connectivity index (χ3v) is 15.0. The van der Waals surface area contributed by atoms with Crippen LogP contribution in [0, 0.1) is 0 Å². The SMILES string of the molecule is CC1(C)c2ccccc2N(c2cccc(-c3ccc4c(c3)C(=O)c3cc(-c5cccc(N6c7ccccc7C(C)(C)c7ccccc76)c5)ccc3S4(=O)=O)c2)c2ccccc21. The van der Waals surface area contributed by atoms with Gasteiger partial charge in [0.05, 0.1) is 32.5 Å². The van der Waals surface area contributed by atoms with Gasteiger partial charge >= 0.3 is 0 Å². The van der Waals surface area contributed by atoms with Gasteiger partial charge in [0.2, 0.25) is 9.84 Å². The van der Waals surface area contributed by atoms with Gasteiger partial charge in [0.15, 0.2) is 5.78 Å². The molecule has 0 aliphatic carbocycles. The van der Waals surface area contributed by atoms with Gasteiger partial charge in [-0.2, -0.15) is 0 Å². The average molecular weight is 811 g/mol. The van der Waals surface area contributed by atoms with Crippen LogP contribution in [-0.4, -0.2) is 14.2 Å². The van der Waals surface area contributed by atoms with E-state index < -0.39 is 9.84 Å². The molecule has 3 heterocycles. The third-order valence-electron chi connectivity index (χ3n) is 13.2. The van der Waals surface area contributed by atoms with Gasteiger partial charge in [-0.15, -0.1) is 0 Å². The Hall–Kier alpha value is -7.02. The van der Waals surface area contributed by atoms with Crippen LogP contribution in [0.4, 0.5) is 34.1 Å². The third kappa shape index (κ3) is 5.45. The van der Waals surface area contributed by atoms with Crippen molar-refractivity contribution in [2.24, 2.45) is 0 Å². The minimum atomic E-state index is -3.98. The van der Waals surface area contributed by atoms with Crippen molar-refractivity contribution in [3.63, 3.8) is 0 Å². The van der Waals surface area contributed by atoms with Gasteiger partial charge in [-0.3, -0.25) is 4.79 Å². The molecule has 0 radical (unpaired) electrons. The first kappa shape index (κ1) is 37.0. The molecular formula is C55H42N2O3S. The van der Waals surface area contributed by atoms with Crippen LogP contribution in [0.15, 0.2) is 192 Å². The molecule has 0 N–H and O–H groups in total. The lowest BCUT2D eigenvalue weighted by Gasteiger charge is -2.42. The van der Waals surface area contributed by atoms with Crippen molar-refractivity contribution in [3.05, 3.63) is 215 Å². The molecule has 0 saturated carbocycles. The largest absolute Gasteiger partial charge is 0.310 e. The first-order valence-corrected chi connectivity index (χ1v) is 22.2. The Labute approximate surface area is 357 Å². The number of carbonyl (C=O) groups is 1. The highest BCUT2D eigenvalue weighted by Crippen LogP contribution is 2.54. The van der Waals surface area contributed by atoms with Crippen LogP contribution in [0.25, 0.3) is 22.3 Å². The zero-order chi connectivity index (χ0) is 41.8. The van der Waals surface area contributed by atoms with Gasteiger partial charge in [0, 0.05) is 33.3 Å². The lowest BCUT2D eigenvalue weighted by Crippen LogP contribution is -2.30. The fourth-order valence-electron chi connectivity index (χ4n) is 10.0. The predicted molar refractivity (Wildman–Crippen MR) is 246 cm³/mol. The van der Waals surface area contributed by atoms with Gasteiger partial charge in [-0.05, 0) is 117 Å². The first-order chi connectivity index (χ1) is 29.4. The van der Waals surface area contributed by atoms with Crippen molar-refractivity contribution in [1.82, 2.24) is 0 Å². The molecule has 3 aliphatic heterocycles. The predicted octanol–water partition coefficient (Wildman–Crippen LogP) is 13.6. The van der Waals surface area contributed by atoms with E-state index in [9.17, 15) is 13.2 Å². The molecule has 0 atom stereocenters. The van der Waals surface area contributed by atoms with Crippen LogP contribution in [0.3, 0.4) is 0 Å². The summed E-state index contributed by atoms with van der Waals surface area (Å²) in [5.41, 5.74) is 14.6. The van der Waals surface area contributed by atoms with E-state index in [1.165, 1.54) is 22.3 Å². The zero-order valence-electron chi connectivity index (χ0n) is 34.3. The fraction of sp³-hybridized carbons (Fsp3) is 0.109. The highest BCUT2D eigenvalue weighted by Gasteiger charge is 2.39. The Bertz CT molecular complexity index is 2960. The number of anilines is 6. The van der Waals surface area contributed by atoms with Gasteiger partial charge in [-0.1, -0.05) is 137 Å². The number of hydrogen-bond acceptors (Lipinski definition) is 5. The number of nitrogens with zero attached hydrogens (tertiary/aromatic N) is 2. The van der Waals surface area contributed by atoms with Gasteiger partial charge < -0.3 is 9.80 Å². The lowest BCUT2D eigenvalue weighted by molar-refractivity contribution is 0.103. The van der Waals surface area contributed by atoms with E-state index >= 15 is 0 Å². The molecule has 0 saturated heterocycles. The molecule has 0 aromatic heterocycles. The quantitative estimate of drug-likeness (QED) is 0.177. The Morgan fingerprint density at radius 1 is 0.377 bits per heavy atom. The van der Waals surface area contributed by atoms with Crippen molar-refractivity contribution in [2.75, 3.05) is 9.80 Å². The molecular weight excluding hydrogens is 769 g/mol. The van der Waals surface area contributed by atoms with Crippen molar-refractivity contribution in [2.45, 2.75) is 48.3 Å². The topological polar surface area (TPSA) is 57.7 Å². The van der Waals surface area contributed by atoms with E-state index in [-0.39, 0.29) is 37.5 Å². The number of ketones is 1. The molecule has 0 bridgehead atoms. The van der Waals surface area contributed by atoms with Crippen molar-refractivity contribution >= 4 is 49.7 Å². The summed E-state index contributed by atoms with van der Waals surface area (Å²) in [6.45, 7) is 9.07. The lowest BCUT2D eigenvalue weighted by atomic mass is 9.73. The van der Waals surface area contributed by atoms with Crippen LogP contribution in [0.5, 0.6) is 0 Å². The molecule has 6 heteroatoms. The highest BCUT2D eigenvalue weighted by molar-refractivity contribution is 7.91. The van der Waals surface area contributed by atoms with Gasteiger partial charge in [0.25, 0.3) is 0 Å². The summed E-state index contributed by atoms with van der Waals surface area (Å²) >= 11 is 0. The zero-order valence-corrected chi connectivity index (χ0v) is 35.2. The monoisotopic (exact) mass is 810 g/mol. The molecule has 11 rings (SSSR count). The number of rotatable bonds is 4. The molecule has 296 valence electrons. The second-order valence-corrected chi connectivity index (χ2v) is 19.2. The van der Waals surface area contributed by atoms with Crippen LogP contribution in [0.2, 0.25) is 0 Å². The number of fused-ring (bicyclic) bond motifs is 6. The summed E-state index contributed by atoms with van der Waals surface area (Å²) in [5, 5.41) is 0. The maximum absolute atomic E-state index is 14.6. The second kappa shape index (κ2) is 13.2. The van der Waals surface area contributed by atoms with E-state index in [0.29, 0.717) is 0 Å². The van der Waals surface area contributed by atoms with Crippen molar-refractivity contribution < 1.29 is 13.2 Å². The number of benzene rings is 8. The molecule has 0 fully saturated rings. The molecule has 0 amide bonds. The van der Waals surface area contributed by atoms with Crippen LogP contribution < -0.4 is 9.80 Å². The van der Waals surface area contributed by atoms with Crippen molar-refractivity contribution in [1.29, 1.82) is 0 Å². The molecule has 3 aliphatic rings. The molecule has 0 spiro atoms. The summed E-state index contributed by atoms with van der Waals surface area (Å²) in [6.07, 6.45) is 0. The Balaban J connectivity index is 0.972. The summed E-state index contributed by atoms with van der Waals surface area (Å²) in [4.78, 5) is 19.2. The van der Waals surface area contributed by atoms with E-state index in [1.807, 2.05) is 36.4 Å². The number of carbonyl (C=O) groups excluding carboxylic acids is 1. The minimum Gasteiger partial charge on any atom is -0.310 e. The van der Waals surface area contributed by atoms with Crippen LogP contribution in [0.1, 0.15) is 65.9 Å². The smallest absolute Gasteiger partial charge is 0.208 e. The standard InChI is InChI=1S/C55H42N2O3S/c1-54(2)43-19-5-9-23-47(43)56(48-24-10-6-20-44(48)54)39-17-13-15-35(31-39)37-27-29-51-41(33-37)53(58)42-34-38(28-30-52(42)61(51,59)60)36-16-14-18-40(32-36)57-49-25-11-7-21-45(49)55(3,4)46-22-8-12-26-50(46)57/h5-34H,1-4H3. The second-order valence-electron chi connectivity index (χ2n) is 17.3. The summed E-state index contributed by atoms with van der Waals surface area (Å²) in [6, 6.07) is 60.9. The van der Waals surface area contributed by atoms with E-state index in [4.69, 9.17) is 0 Å². The average Bonchev–Trinajstić information content (AvgIpc) is 3.28. The van der Waals surface area contributed by atoms with E-state index in [1.54, 1.807) is 24.3 Å². The molecule has 61 heavy (non-hydrogen) atoms.